The molecule has 0 aliphatic rings. The van der Waals surface area contributed by atoms with Crippen LogP contribution in [0.25, 0.3) is 0 Å². The molecule has 13 heavy (non-hydrogen) atoms. The Hall–Kier alpha value is -0.890. The van der Waals surface area contributed by atoms with Crippen LogP contribution in [0.3, 0.4) is 0 Å². The molecule has 0 aliphatic carbocycles. The van der Waals surface area contributed by atoms with Gasteiger partial charge in [-0.25, -0.2) is 0 Å². The van der Waals surface area contributed by atoms with Crippen LogP contribution >= 0.6 is 0 Å². The number of aliphatic hydroxyl groups excluding tert-OH is 1. The standard InChI is InChI=1S/C11H17NO/c1-8-6-5-7-9(12-8)10(13)11(2,3)4/h5-7,10,13H,1-4H3. The molecule has 0 aliphatic heterocycles. The number of pyridine rings is 1. The maximum Gasteiger partial charge on any atom is 0.101 e. The Morgan fingerprint density at radius 1 is 1.31 bits per heavy atom. The first-order valence-corrected chi connectivity index (χ1v) is 4.53. The van der Waals surface area contributed by atoms with Crippen LogP contribution in [0.2, 0.25) is 0 Å². The summed E-state index contributed by atoms with van der Waals surface area (Å²) in [5, 5.41) is 9.92. The molecule has 0 saturated carbocycles. The predicted octanol–water partition coefficient (Wildman–Crippen LogP) is 2.47. The van der Waals surface area contributed by atoms with Crippen molar-refractivity contribution in [3.05, 3.63) is 29.6 Å². The summed E-state index contributed by atoms with van der Waals surface area (Å²) in [7, 11) is 0. The lowest BCUT2D eigenvalue weighted by atomic mass is 9.87. The van der Waals surface area contributed by atoms with Crippen LogP contribution in [-0.2, 0) is 0 Å². The lowest BCUT2D eigenvalue weighted by Crippen LogP contribution is -2.19. The summed E-state index contributed by atoms with van der Waals surface area (Å²) in [4.78, 5) is 4.29. The molecule has 1 atom stereocenters. The summed E-state index contributed by atoms with van der Waals surface area (Å²) < 4.78 is 0. The van der Waals surface area contributed by atoms with Gasteiger partial charge in [-0.1, -0.05) is 26.8 Å². The Labute approximate surface area is 79.6 Å². The van der Waals surface area contributed by atoms with Crippen molar-refractivity contribution < 1.29 is 5.11 Å². The highest BCUT2D eigenvalue weighted by Gasteiger charge is 2.24. The largest absolute Gasteiger partial charge is 0.386 e. The molecule has 1 aromatic heterocycles. The molecule has 1 unspecified atom stereocenters. The highest BCUT2D eigenvalue weighted by molar-refractivity contribution is 5.13. The van der Waals surface area contributed by atoms with Gasteiger partial charge in [-0.3, -0.25) is 4.98 Å². The normalized spacial score (nSPS) is 14.2. The van der Waals surface area contributed by atoms with Crippen LogP contribution in [0.4, 0.5) is 0 Å². The first kappa shape index (κ1) is 10.2. The molecule has 72 valence electrons. The van der Waals surface area contributed by atoms with Crippen molar-refractivity contribution in [1.29, 1.82) is 0 Å². The van der Waals surface area contributed by atoms with Gasteiger partial charge < -0.3 is 5.11 Å². The van der Waals surface area contributed by atoms with Crippen molar-refractivity contribution in [2.75, 3.05) is 0 Å². The van der Waals surface area contributed by atoms with Crippen molar-refractivity contribution in [1.82, 2.24) is 4.98 Å². The van der Waals surface area contributed by atoms with E-state index in [9.17, 15) is 5.11 Å². The monoisotopic (exact) mass is 179 g/mol. The average molecular weight is 179 g/mol. The Morgan fingerprint density at radius 3 is 2.38 bits per heavy atom. The second kappa shape index (κ2) is 3.46. The van der Waals surface area contributed by atoms with Crippen LogP contribution in [0, 0.1) is 12.3 Å². The van der Waals surface area contributed by atoms with Gasteiger partial charge in [0.05, 0.1) is 5.69 Å². The third-order valence-electron chi connectivity index (χ3n) is 2.01. The Balaban J connectivity index is 2.96. The molecule has 1 rings (SSSR count). The zero-order valence-corrected chi connectivity index (χ0v) is 8.70. The zero-order valence-electron chi connectivity index (χ0n) is 8.70. The lowest BCUT2D eigenvalue weighted by molar-refractivity contribution is 0.0588. The predicted molar refractivity (Wildman–Crippen MR) is 53.4 cm³/mol. The lowest BCUT2D eigenvalue weighted by Gasteiger charge is -2.25. The summed E-state index contributed by atoms with van der Waals surface area (Å²) in [5.41, 5.74) is 1.55. The van der Waals surface area contributed by atoms with Crippen LogP contribution in [0.1, 0.15) is 38.3 Å². The number of hydrogen-bond acceptors (Lipinski definition) is 2. The van der Waals surface area contributed by atoms with Gasteiger partial charge in [0.25, 0.3) is 0 Å². The van der Waals surface area contributed by atoms with Crippen LogP contribution in [0.15, 0.2) is 18.2 Å². The number of aryl methyl sites for hydroxylation is 1. The number of aromatic nitrogens is 1. The molecule has 2 nitrogen and oxygen atoms in total. The summed E-state index contributed by atoms with van der Waals surface area (Å²) in [6.45, 7) is 7.93. The third kappa shape index (κ3) is 2.52. The van der Waals surface area contributed by atoms with Gasteiger partial charge in [0, 0.05) is 5.69 Å². The second-order valence-corrected chi connectivity index (χ2v) is 4.47. The molecule has 0 amide bonds. The molecule has 1 aromatic rings. The Morgan fingerprint density at radius 2 is 1.92 bits per heavy atom. The molecule has 0 saturated heterocycles. The van der Waals surface area contributed by atoms with Gasteiger partial charge in [0.1, 0.15) is 6.10 Å². The van der Waals surface area contributed by atoms with Crippen molar-refractivity contribution in [3.63, 3.8) is 0 Å². The van der Waals surface area contributed by atoms with Gasteiger partial charge in [0.2, 0.25) is 0 Å². The minimum Gasteiger partial charge on any atom is -0.386 e. The number of aliphatic hydroxyl groups is 1. The summed E-state index contributed by atoms with van der Waals surface area (Å²) in [5.74, 6) is 0. The highest BCUT2D eigenvalue weighted by Crippen LogP contribution is 2.31. The molecular formula is C11H17NO. The molecular weight excluding hydrogens is 162 g/mol. The molecule has 0 bridgehead atoms. The molecule has 0 aromatic carbocycles. The Kier molecular flexibility index (Phi) is 2.71. The molecule has 2 heteroatoms. The quantitative estimate of drug-likeness (QED) is 0.718. The number of nitrogens with zero attached hydrogens (tertiary/aromatic N) is 1. The van der Waals surface area contributed by atoms with E-state index >= 15 is 0 Å². The molecule has 0 radical (unpaired) electrons. The highest BCUT2D eigenvalue weighted by atomic mass is 16.3. The van der Waals surface area contributed by atoms with Crippen LogP contribution in [-0.4, -0.2) is 10.1 Å². The summed E-state index contributed by atoms with van der Waals surface area (Å²) in [6, 6.07) is 5.72. The maximum atomic E-state index is 9.92. The summed E-state index contributed by atoms with van der Waals surface area (Å²) >= 11 is 0. The van der Waals surface area contributed by atoms with Gasteiger partial charge in [0.15, 0.2) is 0 Å². The SMILES string of the molecule is Cc1cccc(C(O)C(C)(C)C)n1. The van der Waals surface area contributed by atoms with Crippen LogP contribution in [0.5, 0.6) is 0 Å². The first-order valence-electron chi connectivity index (χ1n) is 4.53. The van der Waals surface area contributed by atoms with Crippen molar-refractivity contribution >= 4 is 0 Å². The van der Waals surface area contributed by atoms with Crippen molar-refractivity contribution in [2.24, 2.45) is 5.41 Å². The molecule has 1 heterocycles. The van der Waals surface area contributed by atoms with E-state index in [4.69, 9.17) is 0 Å². The van der Waals surface area contributed by atoms with Crippen LogP contribution < -0.4 is 0 Å². The number of hydrogen-bond donors (Lipinski definition) is 1. The van der Waals surface area contributed by atoms with Gasteiger partial charge in [-0.05, 0) is 24.5 Å². The third-order valence-corrected chi connectivity index (χ3v) is 2.01. The van der Waals surface area contributed by atoms with Gasteiger partial charge in [-0.15, -0.1) is 0 Å². The fourth-order valence-corrected chi connectivity index (χ4v) is 1.16. The van der Waals surface area contributed by atoms with Crippen molar-refractivity contribution in [2.45, 2.75) is 33.8 Å². The van der Waals surface area contributed by atoms with E-state index in [1.165, 1.54) is 0 Å². The maximum absolute atomic E-state index is 9.92. The summed E-state index contributed by atoms with van der Waals surface area (Å²) in [6.07, 6.45) is -0.493. The average Bonchev–Trinajstić information content (AvgIpc) is 2.01. The van der Waals surface area contributed by atoms with E-state index in [0.29, 0.717) is 0 Å². The fourth-order valence-electron chi connectivity index (χ4n) is 1.16. The van der Waals surface area contributed by atoms with E-state index in [-0.39, 0.29) is 5.41 Å². The second-order valence-electron chi connectivity index (χ2n) is 4.47. The number of rotatable bonds is 1. The minimum absolute atomic E-state index is 0.152. The van der Waals surface area contributed by atoms with Crippen molar-refractivity contribution in [3.8, 4) is 0 Å². The smallest absolute Gasteiger partial charge is 0.101 e. The van der Waals surface area contributed by atoms with E-state index in [2.05, 4.69) is 4.98 Å². The van der Waals surface area contributed by atoms with E-state index in [0.717, 1.165) is 11.4 Å². The topological polar surface area (TPSA) is 33.1 Å². The molecule has 0 fully saturated rings. The van der Waals surface area contributed by atoms with Gasteiger partial charge >= 0.3 is 0 Å². The van der Waals surface area contributed by atoms with E-state index in [1.54, 1.807) is 0 Å². The van der Waals surface area contributed by atoms with Gasteiger partial charge in [-0.2, -0.15) is 0 Å². The Bertz CT molecular complexity index is 288. The minimum atomic E-state index is -0.493. The van der Waals surface area contributed by atoms with E-state index < -0.39 is 6.10 Å². The fraction of sp³-hybridized carbons (Fsp3) is 0.545. The molecule has 0 spiro atoms. The van der Waals surface area contributed by atoms with E-state index in [1.807, 2.05) is 45.9 Å². The zero-order chi connectivity index (χ0) is 10.1. The molecule has 1 N–H and O–H groups in total. The first-order chi connectivity index (χ1) is 5.91.